The maximum Gasteiger partial charge on any atom is 0.261 e. The third kappa shape index (κ3) is 5.01. The number of primary amides is 1. The molecule has 0 spiro atoms. The van der Waals surface area contributed by atoms with Crippen LogP contribution in [0.5, 0.6) is 5.75 Å². The Morgan fingerprint density at radius 1 is 1.20 bits per heavy atom. The Balaban J connectivity index is 2.15. The SMILES string of the molecule is CCOc1ccc(Br)cc1C(=O)NC(=S)Nc1ccccc1C(N)=O. The molecule has 0 radical (unpaired) electrons. The number of hydrogen-bond donors (Lipinski definition) is 3. The molecule has 25 heavy (non-hydrogen) atoms. The Bertz CT molecular complexity index is 827. The number of carbonyl (C=O) groups excluding carboxylic acids is 2. The third-order valence-electron chi connectivity index (χ3n) is 3.15. The standard InChI is InChI=1S/C17H16BrN3O3S/c1-2-24-14-8-7-10(18)9-12(14)16(23)21-17(25)20-13-6-4-3-5-11(13)15(19)22/h3-9H,2H2,1H3,(H2,19,22)(H2,20,21,23,25). The number of halogens is 1. The van der Waals surface area contributed by atoms with E-state index in [1.54, 1.807) is 42.5 Å². The van der Waals surface area contributed by atoms with Gasteiger partial charge in [0.1, 0.15) is 5.75 Å². The lowest BCUT2D eigenvalue weighted by atomic mass is 10.1. The smallest absolute Gasteiger partial charge is 0.261 e. The van der Waals surface area contributed by atoms with Crippen LogP contribution in [0.25, 0.3) is 0 Å². The average Bonchev–Trinajstić information content (AvgIpc) is 2.56. The highest BCUT2D eigenvalue weighted by Crippen LogP contribution is 2.23. The number of carbonyl (C=O) groups is 2. The maximum atomic E-state index is 12.5. The van der Waals surface area contributed by atoms with Gasteiger partial charge in [0.2, 0.25) is 0 Å². The minimum absolute atomic E-state index is 0.0427. The second kappa shape index (κ2) is 8.59. The fourth-order valence-electron chi connectivity index (χ4n) is 2.09. The van der Waals surface area contributed by atoms with Gasteiger partial charge in [0, 0.05) is 4.47 Å². The summed E-state index contributed by atoms with van der Waals surface area (Å²) in [6, 6.07) is 11.7. The summed E-state index contributed by atoms with van der Waals surface area (Å²) in [6.45, 7) is 2.26. The lowest BCUT2D eigenvalue weighted by Gasteiger charge is -2.14. The number of para-hydroxylation sites is 1. The predicted octanol–water partition coefficient (Wildman–Crippen LogP) is 3.07. The number of anilines is 1. The summed E-state index contributed by atoms with van der Waals surface area (Å²) in [6.07, 6.45) is 0. The van der Waals surface area contributed by atoms with Crippen molar-refractivity contribution in [3.05, 3.63) is 58.1 Å². The highest BCUT2D eigenvalue weighted by molar-refractivity contribution is 9.10. The number of hydrogen-bond acceptors (Lipinski definition) is 4. The summed E-state index contributed by atoms with van der Waals surface area (Å²) in [5.74, 6) is -0.579. The molecule has 0 saturated heterocycles. The molecular formula is C17H16BrN3O3S. The van der Waals surface area contributed by atoms with Gasteiger partial charge in [-0.3, -0.25) is 14.9 Å². The molecule has 0 aliphatic carbocycles. The van der Waals surface area contributed by atoms with Crippen molar-refractivity contribution in [1.82, 2.24) is 5.32 Å². The van der Waals surface area contributed by atoms with Crippen molar-refractivity contribution in [2.45, 2.75) is 6.92 Å². The molecule has 0 heterocycles. The number of nitrogens with two attached hydrogens (primary N) is 1. The molecule has 0 atom stereocenters. The minimum Gasteiger partial charge on any atom is -0.493 e. The Hall–Kier alpha value is -2.45. The molecule has 0 aromatic heterocycles. The highest BCUT2D eigenvalue weighted by atomic mass is 79.9. The van der Waals surface area contributed by atoms with E-state index in [9.17, 15) is 9.59 Å². The van der Waals surface area contributed by atoms with Crippen LogP contribution in [-0.4, -0.2) is 23.5 Å². The van der Waals surface area contributed by atoms with Crippen LogP contribution in [0.2, 0.25) is 0 Å². The minimum atomic E-state index is -0.595. The third-order valence-corrected chi connectivity index (χ3v) is 3.85. The maximum absolute atomic E-state index is 12.5. The van der Waals surface area contributed by atoms with Crippen LogP contribution >= 0.6 is 28.1 Å². The topological polar surface area (TPSA) is 93.4 Å². The molecule has 2 rings (SSSR count). The molecule has 0 unspecified atom stereocenters. The van der Waals surface area contributed by atoms with Crippen LogP contribution in [0, 0.1) is 0 Å². The van der Waals surface area contributed by atoms with Gasteiger partial charge < -0.3 is 15.8 Å². The summed E-state index contributed by atoms with van der Waals surface area (Å²) < 4.78 is 6.19. The van der Waals surface area contributed by atoms with E-state index in [0.29, 0.717) is 23.6 Å². The first-order chi connectivity index (χ1) is 11.9. The van der Waals surface area contributed by atoms with E-state index in [1.165, 1.54) is 0 Å². The van der Waals surface area contributed by atoms with Crippen molar-refractivity contribution in [2.75, 3.05) is 11.9 Å². The van der Waals surface area contributed by atoms with Crippen molar-refractivity contribution < 1.29 is 14.3 Å². The van der Waals surface area contributed by atoms with E-state index in [2.05, 4.69) is 26.6 Å². The monoisotopic (exact) mass is 421 g/mol. The number of amides is 2. The van der Waals surface area contributed by atoms with Crippen molar-refractivity contribution in [1.29, 1.82) is 0 Å². The van der Waals surface area contributed by atoms with E-state index in [1.807, 2.05) is 6.92 Å². The van der Waals surface area contributed by atoms with Gasteiger partial charge in [0.05, 0.1) is 23.4 Å². The second-order valence-electron chi connectivity index (χ2n) is 4.89. The van der Waals surface area contributed by atoms with Gasteiger partial charge in [-0.1, -0.05) is 28.1 Å². The Labute approximate surface area is 158 Å². The summed E-state index contributed by atoms with van der Waals surface area (Å²) >= 11 is 8.48. The predicted molar refractivity (Wildman–Crippen MR) is 104 cm³/mol. The molecule has 6 nitrogen and oxygen atoms in total. The molecule has 0 fully saturated rings. The van der Waals surface area contributed by atoms with Gasteiger partial charge in [-0.2, -0.15) is 0 Å². The van der Waals surface area contributed by atoms with E-state index in [4.69, 9.17) is 22.7 Å². The molecule has 0 saturated carbocycles. The number of nitrogens with one attached hydrogen (secondary N) is 2. The zero-order chi connectivity index (χ0) is 18.4. The van der Waals surface area contributed by atoms with Crippen LogP contribution < -0.4 is 21.1 Å². The Morgan fingerprint density at radius 2 is 1.92 bits per heavy atom. The first-order valence-corrected chi connectivity index (χ1v) is 8.56. The van der Waals surface area contributed by atoms with E-state index in [0.717, 1.165) is 4.47 Å². The molecule has 0 aliphatic rings. The number of thiocarbonyl (C=S) groups is 1. The zero-order valence-electron chi connectivity index (χ0n) is 13.3. The normalized spacial score (nSPS) is 10.0. The van der Waals surface area contributed by atoms with Gasteiger partial charge in [-0.15, -0.1) is 0 Å². The molecular weight excluding hydrogens is 406 g/mol. The van der Waals surface area contributed by atoms with Crippen molar-refractivity contribution >= 4 is 50.8 Å². The molecule has 2 aromatic rings. The summed E-state index contributed by atoms with van der Waals surface area (Å²) in [7, 11) is 0. The average molecular weight is 422 g/mol. The van der Waals surface area contributed by atoms with E-state index < -0.39 is 11.8 Å². The molecule has 4 N–H and O–H groups in total. The van der Waals surface area contributed by atoms with Crippen molar-refractivity contribution in [3.8, 4) is 5.75 Å². The van der Waals surface area contributed by atoms with Crippen LogP contribution in [0.3, 0.4) is 0 Å². The van der Waals surface area contributed by atoms with Gasteiger partial charge in [-0.05, 0) is 49.5 Å². The molecule has 2 aromatic carbocycles. The molecule has 130 valence electrons. The number of benzene rings is 2. The van der Waals surface area contributed by atoms with Gasteiger partial charge in [-0.25, -0.2) is 0 Å². The van der Waals surface area contributed by atoms with E-state index in [-0.39, 0.29) is 10.7 Å². The summed E-state index contributed by atoms with van der Waals surface area (Å²) in [5.41, 5.74) is 6.35. The van der Waals surface area contributed by atoms with Crippen LogP contribution in [-0.2, 0) is 0 Å². The number of ether oxygens (including phenoxy) is 1. The lowest BCUT2D eigenvalue weighted by Crippen LogP contribution is -2.35. The Kier molecular flexibility index (Phi) is 6.49. The largest absolute Gasteiger partial charge is 0.493 e. The van der Waals surface area contributed by atoms with Crippen molar-refractivity contribution in [2.24, 2.45) is 5.73 Å². The van der Waals surface area contributed by atoms with Gasteiger partial charge in [0.25, 0.3) is 11.8 Å². The summed E-state index contributed by atoms with van der Waals surface area (Å²) in [4.78, 5) is 23.9. The summed E-state index contributed by atoms with van der Waals surface area (Å²) in [5, 5.41) is 5.41. The highest BCUT2D eigenvalue weighted by Gasteiger charge is 2.15. The molecule has 2 amide bonds. The lowest BCUT2D eigenvalue weighted by molar-refractivity contribution is 0.0972. The molecule has 0 aliphatic heterocycles. The fourth-order valence-corrected chi connectivity index (χ4v) is 2.66. The fraction of sp³-hybridized carbons (Fsp3) is 0.118. The molecule has 8 heteroatoms. The van der Waals surface area contributed by atoms with Crippen molar-refractivity contribution in [3.63, 3.8) is 0 Å². The van der Waals surface area contributed by atoms with Crippen LogP contribution in [0.15, 0.2) is 46.9 Å². The quantitative estimate of drug-likeness (QED) is 0.644. The molecule has 0 bridgehead atoms. The van der Waals surface area contributed by atoms with Gasteiger partial charge in [0.15, 0.2) is 5.11 Å². The van der Waals surface area contributed by atoms with Gasteiger partial charge >= 0.3 is 0 Å². The zero-order valence-corrected chi connectivity index (χ0v) is 15.7. The van der Waals surface area contributed by atoms with Crippen LogP contribution in [0.1, 0.15) is 27.6 Å². The first kappa shape index (κ1) is 18.9. The number of rotatable bonds is 5. The Morgan fingerprint density at radius 3 is 2.60 bits per heavy atom. The first-order valence-electron chi connectivity index (χ1n) is 7.36. The van der Waals surface area contributed by atoms with E-state index >= 15 is 0 Å². The second-order valence-corrected chi connectivity index (χ2v) is 6.22. The van der Waals surface area contributed by atoms with Crippen LogP contribution in [0.4, 0.5) is 5.69 Å².